The van der Waals surface area contributed by atoms with Crippen LogP contribution < -0.4 is 0 Å². The number of carbonyl (C=O) groups excluding carboxylic acids is 1. The Bertz CT molecular complexity index is 695. The number of nitrogens with one attached hydrogen (secondary N) is 1. The van der Waals surface area contributed by atoms with Crippen molar-refractivity contribution >= 4 is 5.91 Å². The molecule has 1 saturated heterocycles. The van der Waals surface area contributed by atoms with Gasteiger partial charge in [0.1, 0.15) is 11.9 Å². The summed E-state index contributed by atoms with van der Waals surface area (Å²) in [6, 6.07) is 8.32. The summed E-state index contributed by atoms with van der Waals surface area (Å²) in [4.78, 5) is 22.2. The summed E-state index contributed by atoms with van der Waals surface area (Å²) < 4.78 is 5.17. The first-order chi connectivity index (χ1) is 11.1. The molecule has 1 N–H and O–H groups in total. The molecule has 23 heavy (non-hydrogen) atoms. The summed E-state index contributed by atoms with van der Waals surface area (Å²) in [5, 5.41) is 0. The summed E-state index contributed by atoms with van der Waals surface area (Å²) >= 11 is 0. The molecule has 1 aromatic carbocycles. The first kappa shape index (κ1) is 15.7. The van der Waals surface area contributed by atoms with Gasteiger partial charge in [-0.05, 0) is 38.3 Å². The molecule has 2 unspecified atom stereocenters. The van der Waals surface area contributed by atoms with Crippen molar-refractivity contribution in [3.63, 3.8) is 0 Å². The van der Waals surface area contributed by atoms with Crippen molar-refractivity contribution in [2.75, 3.05) is 13.7 Å². The van der Waals surface area contributed by atoms with Crippen LogP contribution in [0.4, 0.5) is 0 Å². The predicted molar refractivity (Wildman–Crippen MR) is 88.9 cm³/mol. The average molecular weight is 313 g/mol. The molecule has 1 aromatic heterocycles. The third kappa shape index (κ3) is 3.15. The third-order valence-corrected chi connectivity index (χ3v) is 4.48. The fourth-order valence-corrected chi connectivity index (χ4v) is 3.11. The van der Waals surface area contributed by atoms with Crippen molar-refractivity contribution in [3.8, 4) is 11.3 Å². The molecule has 3 rings (SSSR count). The Labute approximate surface area is 136 Å². The number of H-pyrrole nitrogens is 1. The van der Waals surface area contributed by atoms with E-state index in [-0.39, 0.29) is 11.9 Å². The molecule has 0 radical (unpaired) electrons. The quantitative estimate of drug-likeness (QED) is 0.943. The molecule has 1 aliphatic rings. The first-order valence-electron chi connectivity index (χ1n) is 8.05. The highest BCUT2D eigenvalue weighted by atomic mass is 16.5. The third-order valence-electron chi connectivity index (χ3n) is 4.48. The molecule has 2 atom stereocenters. The minimum Gasteiger partial charge on any atom is -0.372 e. The molecule has 1 amide bonds. The van der Waals surface area contributed by atoms with Crippen molar-refractivity contribution in [2.24, 2.45) is 0 Å². The van der Waals surface area contributed by atoms with Gasteiger partial charge >= 0.3 is 0 Å². The molecule has 5 heteroatoms. The summed E-state index contributed by atoms with van der Waals surface area (Å²) in [6.45, 7) is 4.62. The number of aromatic nitrogens is 2. The molecule has 5 nitrogen and oxygen atoms in total. The SMILES string of the molecule is COC(C)C(=O)N1CCCC1c1ncc(-c2cccc(C)c2)[nH]1. The van der Waals surface area contributed by atoms with E-state index in [9.17, 15) is 4.79 Å². The Morgan fingerprint density at radius 1 is 1.48 bits per heavy atom. The van der Waals surface area contributed by atoms with Crippen molar-refractivity contribution in [3.05, 3.63) is 41.9 Å². The van der Waals surface area contributed by atoms with Crippen molar-refractivity contribution in [1.29, 1.82) is 0 Å². The first-order valence-corrected chi connectivity index (χ1v) is 8.05. The highest BCUT2D eigenvalue weighted by molar-refractivity contribution is 5.81. The molecule has 2 heterocycles. The maximum Gasteiger partial charge on any atom is 0.252 e. The second kappa shape index (κ2) is 6.54. The minimum atomic E-state index is -0.415. The normalized spacial score (nSPS) is 19.1. The zero-order chi connectivity index (χ0) is 16.4. The molecular formula is C18H23N3O2. The molecule has 122 valence electrons. The van der Waals surface area contributed by atoms with Gasteiger partial charge in [0.2, 0.25) is 0 Å². The maximum absolute atomic E-state index is 12.4. The second-order valence-corrected chi connectivity index (χ2v) is 6.12. The van der Waals surface area contributed by atoms with Gasteiger partial charge < -0.3 is 14.6 Å². The Morgan fingerprint density at radius 2 is 2.30 bits per heavy atom. The summed E-state index contributed by atoms with van der Waals surface area (Å²) in [5.41, 5.74) is 3.32. The number of aryl methyl sites for hydroxylation is 1. The number of imidazole rings is 1. The Balaban J connectivity index is 1.83. The van der Waals surface area contributed by atoms with Crippen molar-refractivity contribution in [1.82, 2.24) is 14.9 Å². The van der Waals surface area contributed by atoms with E-state index in [1.807, 2.05) is 17.2 Å². The number of hydrogen-bond acceptors (Lipinski definition) is 3. The van der Waals surface area contributed by atoms with Crippen LogP contribution >= 0.6 is 0 Å². The number of aromatic amines is 1. The molecular weight excluding hydrogens is 290 g/mol. The number of likely N-dealkylation sites (tertiary alicyclic amines) is 1. The van der Waals surface area contributed by atoms with E-state index < -0.39 is 6.10 Å². The molecule has 1 fully saturated rings. The van der Waals surface area contributed by atoms with E-state index in [4.69, 9.17) is 4.74 Å². The summed E-state index contributed by atoms with van der Waals surface area (Å²) in [5.74, 6) is 0.888. The number of hydrogen-bond donors (Lipinski definition) is 1. The highest BCUT2D eigenvalue weighted by Gasteiger charge is 2.34. The molecule has 2 aromatic rings. The van der Waals surface area contributed by atoms with Gasteiger partial charge in [-0.1, -0.05) is 23.8 Å². The van der Waals surface area contributed by atoms with Crippen LogP contribution in [-0.2, 0) is 9.53 Å². The van der Waals surface area contributed by atoms with Gasteiger partial charge in [0.15, 0.2) is 0 Å². The zero-order valence-electron chi connectivity index (χ0n) is 13.9. The Morgan fingerprint density at radius 3 is 3.04 bits per heavy atom. The van der Waals surface area contributed by atoms with Crippen molar-refractivity contribution in [2.45, 2.75) is 38.8 Å². The van der Waals surface area contributed by atoms with Gasteiger partial charge in [-0.25, -0.2) is 4.98 Å². The van der Waals surface area contributed by atoms with E-state index >= 15 is 0 Å². The van der Waals surface area contributed by atoms with Crippen LogP contribution in [0.25, 0.3) is 11.3 Å². The summed E-state index contributed by atoms with van der Waals surface area (Å²) in [6.07, 6.45) is 3.36. The lowest BCUT2D eigenvalue weighted by Crippen LogP contribution is -2.38. The van der Waals surface area contributed by atoms with E-state index in [2.05, 4.69) is 35.1 Å². The van der Waals surface area contributed by atoms with Crippen LogP contribution in [-0.4, -0.2) is 40.5 Å². The van der Waals surface area contributed by atoms with Crippen LogP contribution in [0.5, 0.6) is 0 Å². The molecule has 0 bridgehead atoms. The fraction of sp³-hybridized carbons (Fsp3) is 0.444. The van der Waals surface area contributed by atoms with Gasteiger partial charge in [-0.15, -0.1) is 0 Å². The van der Waals surface area contributed by atoms with Gasteiger partial charge in [-0.3, -0.25) is 4.79 Å². The number of ether oxygens (including phenoxy) is 1. The fourth-order valence-electron chi connectivity index (χ4n) is 3.11. The van der Waals surface area contributed by atoms with Crippen LogP contribution in [0.15, 0.2) is 30.5 Å². The number of rotatable bonds is 4. The predicted octanol–water partition coefficient (Wildman–Crippen LogP) is 3.08. The van der Waals surface area contributed by atoms with Crippen LogP contribution in [0.2, 0.25) is 0 Å². The van der Waals surface area contributed by atoms with E-state index in [1.54, 1.807) is 14.0 Å². The summed E-state index contributed by atoms with van der Waals surface area (Å²) in [7, 11) is 1.57. The number of nitrogens with zero attached hydrogens (tertiary/aromatic N) is 2. The number of carbonyl (C=O) groups is 1. The molecule has 1 aliphatic heterocycles. The highest BCUT2D eigenvalue weighted by Crippen LogP contribution is 2.32. The molecule has 0 saturated carbocycles. The second-order valence-electron chi connectivity index (χ2n) is 6.12. The molecule has 0 aliphatic carbocycles. The lowest BCUT2D eigenvalue weighted by atomic mass is 10.1. The molecule has 0 spiro atoms. The number of amides is 1. The van der Waals surface area contributed by atoms with E-state index in [1.165, 1.54) is 5.56 Å². The van der Waals surface area contributed by atoms with Crippen molar-refractivity contribution < 1.29 is 9.53 Å². The lowest BCUT2D eigenvalue weighted by Gasteiger charge is -2.25. The lowest BCUT2D eigenvalue weighted by molar-refractivity contribution is -0.142. The average Bonchev–Trinajstić information content (AvgIpc) is 3.22. The number of methoxy groups -OCH3 is 1. The van der Waals surface area contributed by atoms with Crippen LogP contribution in [0.1, 0.15) is 37.2 Å². The maximum atomic E-state index is 12.4. The van der Waals surface area contributed by atoms with E-state index in [0.29, 0.717) is 0 Å². The standard InChI is InChI=1S/C18H23N3O2/c1-12-6-4-7-14(10-12)15-11-19-17(20-15)16-8-5-9-21(16)18(22)13(2)23-3/h4,6-7,10-11,13,16H,5,8-9H2,1-3H3,(H,19,20). The minimum absolute atomic E-state index is 0.0126. The van der Waals surface area contributed by atoms with Crippen LogP contribution in [0.3, 0.4) is 0 Å². The van der Waals surface area contributed by atoms with Crippen LogP contribution in [0, 0.1) is 6.92 Å². The Hall–Kier alpha value is -2.14. The zero-order valence-corrected chi connectivity index (χ0v) is 13.9. The van der Waals surface area contributed by atoms with E-state index in [0.717, 1.165) is 36.5 Å². The van der Waals surface area contributed by atoms with Gasteiger partial charge in [0, 0.05) is 13.7 Å². The monoisotopic (exact) mass is 313 g/mol. The van der Waals surface area contributed by atoms with Gasteiger partial charge in [-0.2, -0.15) is 0 Å². The Kier molecular flexibility index (Phi) is 4.48. The topological polar surface area (TPSA) is 58.2 Å². The largest absolute Gasteiger partial charge is 0.372 e. The van der Waals surface area contributed by atoms with Gasteiger partial charge in [0.05, 0.1) is 17.9 Å². The number of benzene rings is 1. The smallest absolute Gasteiger partial charge is 0.252 e. The van der Waals surface area contributed by atoms with Gasteiger partial charge in [0.25, 0.3) is 5.91 Å².